The Labute approximate surface area is 217 Å². The summed E-state index contributed by atoms with van der Waals surface area (Å²) in [7, 11) is 0. The Bertz CT molecular complexity index is 1360. The van der Waals surface area contributed by atoms with Crippen LogP contribution in [0.2, 0.25) is 0 Å². The molecule has 2 aliphatic rings. The molecule has 1 heterocycles. The fourth-order valence-electron chi connectivity index (χ4n) is 5.11. The van der Waals surface area contributed by atoms with Crippen LogP contribution in [0.5, 0.6) is 0 Å². The van der Waals surface area contributed by atoms with E-state index >= 15 is 0 Å². The summed E-state index contributed by atoms with van der Waals surface area (Å²) < 4.78 is 19.9. The number of carbonyl (C=O) groups excluding carboxylic acids is 2. The number of anilines is 1. The van der Waals surface area contributed by atoms with Crippen molar-refractivity contribution in [2.45, 2.75) is 64.1 Å². The average molecular weight is 504 g/mol. The van der Waals surface area contributed by atoms with E-state index in [-0.39, 0.29) is 23.9 Å². The number of benzene rings is 3. The van der Waals surface area contributed by atoms with Gasteiger partial charge in [0.1, 0.15) is 11.4 Å². The van der Waals surface area contributed by atoms with Crippen LogP contribution in [0.15, 0.2) is 54.6 Å². The number of carbonyl (C=O) groups is 2. The summed E-state index contributed by atoms with van der Waals surface area (Å²) in [6.45, 7) is 8.68. The molecule has 1 atom stereocenters. The second-order valence-corrected chi connectivity index (χ2v) is 11.3. The summed E-state index contributed by atoms with van der Waals surface area (Å²) in [5.74, 6) is -0.401. The summed E-state index contributed by atoms with van der Waals surface area (Å²) in [6, 6.07) is 16.5. The van der Waals surface area contributed by atoms with Crippen LogP contribution in [0.1, 0.15) is 61.5 Å². The van der Waals surface area contributed by atoms with E-state index in [1.807, 2.05) is 64.1 Å². The molecule has 37 heavy (non-hydrogen) atoms. The number of amides is 2. The quantitative estimate of drug-likeness (QED) is 0.440. The van der Waals surface area contributed by atoms with Crippen molar-refractivity contribution < 1.29 is 18.7 Å². The summed E-state index contributed by atoms with van der Waals surface area (Å²) in [6.07, 6.45) is 2.13. The highest BCUT2D eigenvalue weighted by Crippen LogP contribution is 2.48. The monoisotopic (exact) mass is 503 g/mol. The molecule has 2 N–H and O–H groups in total. The van der Waals surface area contributed by atoms with Crippen LogP contribution in [0, 0.1) is 12.7 Å². The predicted octanol–water partition coefficient (Wildman–Crippen LogP) is 6.13. The molecular weight excluding hydrogens is 469 g/mol. The molecule has 1 unspecified atom stereocenters. The third-order valence-electron chi connectivity index (χ3n) is 7.18. The van der Waals surface area contributed by atoms with Gasteiger partial charge in [0.15, 0.2) is 0 Å². The molecule has 1 saturated carbocycles. The topological polar surface area (TPSA) is 70.7 Å². The lowest BCUT2D eigenvalue weighted by Gasteiger charge is -2.24. The number of rotatable bonds is 5. The third kappa shape index (κ3) is 5.26. The van der Waals surface area contributed by atoms with E-state index in [1.54, 1.807) is 17.0 Å². The van der Waals surface area contributed by atoms with Gasteiger partial charge in [-0.25, -0.2) is 9.18 Å². The van der Waals surface area contributed by atoms with Crippen molar-refractivity contribution in [1.29, 1.82) is 0 Å². The molecule has 1 aliphatic heterocycles. The van der Waals surface area contributed by atoms with Crippen LogP contribution in [0.4, 0.5) is 14.9 Å². The zero-order valence-electron chi connectivity index (χ0n) is 21.9. The van der Waals surface area contributed by atoms with Crippen LogP contribution in [0.25, 0.3) is 10.8 Å². The molecule has 0 aromatic heterocycles. The van der Waals surface area contributed by atoms with Crippen molar-refractivity contribution in [3.63, 3.8) is 0 Å². The van der Waals surface area contributed by atoms with Crippen molar-refractivity contribution in [3.05, 3.63) is 77.1 Å². The Morgan fingerprint density at radius 2 is 1.78 bits per heavy atom. The number of halogens is 1. The molecule has 1 aliphatic carbocycles. The number of hydrogen-bond acceptors (Lipinski definition) is 4. The molecule has 2 fully saturated rings. The summed E-state index contributed by atoms with van der Waals surface area (Å²) in [5.41, 5.74) is 2.26. The highest BCUT2D eigenvalue weighted by molar-refractivity contribution is 5.98. The van der Waals surface area contributed by atoms with Gasteiger partial charge in [0.05, 0.1) is 5.54 Å². The number of fused-ring (bicyclic) bond motifs is 1. The summed E-state index contributed by atoms with van der Waals surface area (Å²) in [5, 5.41) is 8.14. The lowest BCUT2D eigenvalue weighted by Crippen LogP contribution is -2.36. The largest absolute Gasteiger partial charge is 0.444 e. The number of likely N-dealkylation sites (tertiary alicyclic amines) is 1. The number of nitrogens with one attached hydrogen (secondary N) is 2. The van der Waals surface area contributed by atoms with Crippen LogP contribution in [0.3, 0.4) is 0 Å². The molecule has 2 amide bonds. The van der Waals surface area contributed by atoms with E-state index < -0.39 is 11.1 Å². The standard InChI is InChI=1S/C30H34FN3O3/c1-19-9-10-20(32-21-13-16-34(18-21)28(36)37-29(2,3)4)17-24(19)27(35)33-30(14-15-30)25-11-12-26(31)23-8-6-5-7-22(23)25/h5-12,17,21,32H,13-16,18H2,1-4H3,(H,33,35). The van der Waals surface area contributed by atoms with Crippen LogP contribution in [-0.2, 0) is 10.3 Å². The minimum absolute atomic E-state index is 0.0755. The Hall–Kier alpha value is -3.61. The maximum atomic E-state index is 14.4. The summed E-state index contributed by atoms with van der Waals surface area (Å²) in [4.78, 5) is 27.6. The smallest absolute Gasteiger partial charge is 0.410 e. The lowest BCUT2D eigenvalue weighted by atomic mass is 9.96. The van der Waals surface area contributed by atoms with Gasteiger partial charge in [-0.1, -0.05) is 36.4 Å². The van der Waals surface area contributed by atoms with Gasteiger partial charge in [0.2, 0.25) is 0 Å². The second-order valence-electron chi connectivity index (χ2n) is 11.3. The van der Waals surface area contributed by atoms with Gasteiger partial charge in [-0.2, -0.15) is 0 Å². The number of nitrogens with zero attached hydrogens (tertiary/aromatic N) is 1. The van der Waals surface area contributed by atoms with Gasteiger partial charge in [-0.3, -0.25) is 4.79 Å². The molecule has 0 spiro atoms. The normalized spacial score (nSPS) is 18.5. The zero-order chi connectivity index (χ0) is 26.4. The Morgan fingerprint density at radius 3 is 2.49 bits per heavy atom. The predicted molar refractivity (Wildman–Crippen MR) is 143 cm³/mol. The fourth-order valence-corrected chi connectivity index (χ4v) is 5.11. The van der Waals surface area contributed by atoms with Crippen LogP contribution >= 0.6 is 0 Å². The van der Waals surface area contributed by atoms with E-state index in [1.165, 1.54) is 6.07 Å². The fraction of sp³-hybridized carbons (Fsp3) is 0.400. The molecule has 7 heteroatoms. The van der Waals surface area contributed by atoms with Crippen molar-refractivity contribution >= 4 is 28.5 Å². The van der Waals surface area contributed by atoms with Gasteiger partial charge in [0.25, 0.3) is 5.91 Å². The van der Waals surface area contributed by atoms with Gasteiger partial charge in [-0.05, 0) is 81.7 Å². The maximum absolute atomic E-state index is 14.4. The number of aryl methyl sites for hydroxylation is 1. The van der Waals surface area contributed by atoms with Gasteiger partial charge in [-0.15, -0.1) is 0 Å². The van der Waals surface area contributed by atoms with Gasteiger partial charge >= 0.3 is 6.09 Å². The van der Waals surface area contributed by atoms with Gasteiger partial charge < -0.3 is 20.3 Å². The molecule has 0 bridgehead atoms. The molecule has 194 valence electrons. The van der Waals surface area contributed by atoms with E-state index in [4.69, 9.17) is 4.74 Å². The molecule has 3 aromatic carbocycles. The highest BCUT2D eigenvalue weighted by atomic mass is 19.1. The van der Waals surface area contributed by atoms with E-state index in [0.717, 1.165) is 41.5 Å². The zero-order valence-corrected chi connectivity index (χ0v) is 21.9. The van der Waals surface area contributed by atoms with Crippen LogP contribution < -0.4 is 10.6 Å². The molecule has 5 rings (SSSR count). The molecular formula is C30H34FN3O3. The van der Waals surface area contributed by atoms with E-state index in [2.05, 4.69) is 10.6 Å². The maximum Gasteiger partial charge on any atom is 0.410 e. The number of ether oxygens (including phenoxy) is 1. The molecule has 1 saturated heterocycles. The SMILES string of the molecule is Cc1ccc(NC2CCN(C(=O)OC(C)(C)C)C2)cc1C(=O)NC1(c2ccc(F)c3ccccc23)CC1. The second kappa shape index (κ2) is 9.36. The van der Waals surface area contributed by atoms with Crippen molar-refractivity contribution in [1.82, 2.24) is 10.2 Å². The molecule has 6 nitrogen and oxygen atoms in total. The first kappa shape index (κ1) is 25.1. The first-order valence-electron chi connectivity index (χ1n) is 12.9. The van der Waals surface area contributed by atoms with Gasteiger partial charge in [0, 0.05) is 35.8 Å². The minimum atomic E-state index is -0.527. The Kier molecular flexibility index (Phi) is 6.34. The first-order valence-corrected chi connectivity index (χ1v) is 12.9. The molecule has 0 radical (unpaired) electrons. The van der Waals surface area contributed by atoms with E-state index in [9.17, 15) is 14.0 Å². The summed E-state index contributed by atoms with van der Waals surface area (Å²) >= 11 is 0. The van der Waals surface area contributed by atoms with Crippen molar-refractivity contribution in [3.8, 4) is 0 Å². The van der Waals surface area contributed by atoms with Crippen molar-refractivity contribution in [2.24, 2.45) is 0 Å². The number of hydrogen-bond donors (Lipinski definition) is 2. The minimum Gasteiger partial charge on any atom is -0.444 e. The third-order valence-corrected chi connectivity index (χ3v) is 7.18. The van der Waals surface area contributed by atoms with E-state index in [0.29, 0.717) is 24.0 Å². The average Bonchev–Trinajstić information content (AvgIpc) is 3.46. The van der Waals surface area contributed by atoms with Crippen LogP contribution in [-0.4, -0.2) is 41.6 Å². The Balaban J connectivity index is 1.30. The molecule has 3 aromatic rings. The Morgan fingerprint density at radius 1 is 1.05 bits per heavy atom. The highest BCUT2D eigenvalue weighted by Gasteiger charge is 2.47. The first-order chi connectivity index (χ1) is 17.5. The lowest BCUT2D eigenvalue weighted by molar-refractivity contribution is 0.0293. The van der Waals surface area contributed by atoms with Crippen molar-refractivity contribution in [2.75, 3.05) is 18.4 Å².